The highest BCUT2D eigenvalue weighted by Crippen LogP contribution is 2.35. The molecule has 3 heterocycles. The molecule has 1 aromatic carbocycles. The standard InChI is InChI=1S/C20H16ClNO5S2/c1-12-2-6-17(27-12)18-7-9-20(28-18)29(25,26)22-11-13(3-8-19(23)24)15-10-14(21)4-5-16(15)22/h2,4-7,9-11H,3,8H2,1H3,(H,23,24). The Balaban J connectivity index is 1.81. The smallest absolute Gasteiger partial charge is 0.303 e. The van der Waals surface area contributed by atoms with Gasteiger partial charge in [0.05, 0.1) is 10.4 Å². The lowest BCUT2D eigenvalue weighted by Gasteiger charge is -2.05. The van der Waals surface area contributed by atoms with Crippen LogP contribution in [0.3, 0.4) is 0 Å². The van der Waals surface area contributed by atoms with Crippen LogP contribution < -0.4 is 0 Å². The number of thiophene rings is 1. The molecule has 4 aromatic rings. The first kappa shape index (κ1) is 19.8. The first-order valence-electron chi connectivity index (χ1n) is 8.69. The van der Waals surface area contributed by atoms with Crippen LogP contribution in [0, 0.1) is 6.92 Å². The molecule has 0 saturated carbocycles. The van der Waals surface area contributed by atoms with E-state index in [9.17, 15) is 13.2 Å². The fraction of sp³-hybridized carbons (Fsp3) is 0.150. The van der Waals surface area contributed by atoms with Crippen molar-refractivity contribution in [3.8, 4) is 10.6 Å². The summed E-state index contributed by atoms with van der Waals surface area (Å²) >= 11 is 7.20. The number of hydrogen-bond acceptors (Lipinski definition) is 5. The third-order valence-corrected chi connectivity index (χ3v) is 7.98. The van der Waals surface area contributed by atoms with Crippen molar-refractivity contribution in [2.24, 2.45) is 0 Å². The Hall–Kier alpha value is -2.55. The molecule has 0 aliphatic rings. The number of hydrogen-bond donors (Lipinski definition) is 1. The lowest BCUT2D eigenvalue weighted by Crippen LogP contribution is -2.10. The molecule has 0 unspecified atom stereocenters. The monoisotopic (exact) mass is 449 g/mol. The third kappa shape index (κ3) is 3.71. The molecule has 0 aliphatic heterocycles. The zero-order valence-corrected chi connectivity index (χ0v) is 17.6. The molecule has 0 radical (unpaired) electrons. The molecule has 0 atom stereocenters. The second kappa shape index (κ2) is 7.37. The number of fused-ring (bicyclic) bond motifs is 1. The molecule has 3 aromatic heterocycles. The molecule has 6 nitrogen and oxygen atoms in total. The normalized spacial score (nSPS) is 11.9. The molecule has 0 fully saturated rings. The van der Waals surface area contributed by atoms with E-state index >= 15 is 0 Å². The SMILES string of the molecule is Cc1ccc(-c2ccc(S(=O)(=O)n3cc(CCC(=O)O)c4cc(Cl)ccc43)s2)o1. The minimum absolute atomic E-state index is 0.104. The predicted octanol–water partition coefficient (Wildman–Crippen LogP) is 5.18. The van der Waals surface area contributed by atoms with Crippen LogP contribution in [0.2, 0.25) is 5.02 Å². The summed E-state index contributed by atoms with van der Waals surface area (Å²) in [5, 5.41) is 10.1. The third-order valence-electron chi connectivity index (χ3n) is 4.50. The van der Waals surface area contributed by atoms with E-state index in [1.54, 1.807) is 36.4 Å². The molecular weight excluding hydrogens is 434 g/mol. The highest BCUT2D eigenvalue weighted by atomic mass is 35.5. The van der Waals surface area contributed by atoms with E-state index in [1.807, 2.05) is 13.0 Å². The average Bonchev–Trinajstić information content (AvgIpc) is 3.37. The van der Waals surface area contributed by atoms with Crippen molar-refractivity contribution < 1.29 is 22.7 Å². The molecule has 150 valence electrons. The Labute approximate surface area is 176 Å². The topological polar surface area (TPSA) is 89.5 Å². The van der Waals surface area contributed by atoms with Crippen molar-refractivity contribution in [2.45, 2.75) is 24.0 Å². The number of carboxylic acid groups (broad SMARTS) is 1. The summed E-state index contributed by atoms with van der Waals surface area (Å²) in [6.07, 6.45) is 1.58. The molecule has 1 N–H and O–H groups in total. The van der Waals surface area contributed by atoms with Crippen molar-refractivity contribution >= 4 is 49.8 Å². The fourth-order valence-electron chi connectivity index (χ4n) is 3.13. The number of carbonyl (C=O) groups is 1. The van der Waals surface area contributed by atoms with E-state index < -0.39 is 16.0 Å². The van der Waals surface area contributed by atoms with E-state index in [2.05, 4.69) is 0 Å². The van der Waals surface area contributed by atoms with Gasteiger partial charge in [0.2, 0.25) is 0 Å². The van der Waals surface area contributed by atoms with Crippen LogP contribution in [0.15, 0.2) is 57.3 Å². The highest BCUT2D eigenvalue weighted by molar-refractivity contribution is 7.92. The summed E-state index contributed by atoms with van der Waals surface area (Å²) in [6, 6.07) is 11.8. The average molecular weight is 450 g/mol. The molecule has 0 aliphatic carbocycles. The number of nitrogens with zero attached hydrogens (tertiary/aromatic N) is 1. The van der Waals surface area contributed by atoms with Crippen molar-refractivity contribution in [1.29, 1.82) is 0 Å². The number of rotatable bonds is 6. The van der Waals surface area contributed by atoms with Crippen molar-refractivity contribution in [3.05, 3.63) is 65.0 Å². The maximum atomic E-state index is 13.3. The van der Waals surface area contributed by atoms with Crippen molar-refractivity contribution in [3.63, 3.8) is 0 Å². The predicted molar refractivity (Wildman–Crippen MR) is 112 cm³/mol. The summed E-state index contributed by atoms with van der Waals surface area (Å²) in [5.74, 6) is 0.404. The van der Waals surface area contributed by atoms with Gasteiger partial charge in [0.15, 0.2) is 0 Å². The van der Waals surface area contributed by atoms with Gasteiger partial charge >= 0.3 is 5.97 Å². The van der Waals surface area contributed by atoms with Crippen LogP contribution in [-0.2, 0) is 21.2 Å². The number of aromatic nitrogens is 1. The van der Waals surface area contributed by atoms with Gasteiger partial charge in [0.1, 0.15) is 15.7 Å². The van der Waals surface area contributed by atoms with Gasteiger partial charge in [0.25, 0.3) is 10.0 Å². The second-order valence-electron chi connectivity index (χ2n) is 6.54. The maximum Gasteiger partial charge on any atom is 0.303 e. The zero-order chi connectivity index (χ0) is 20.8. The molecule has 4 rings (SSSR count). The molecule has 29 heavy (non-hydrogen) atoms. The Bertz CT molecular complexity index is 1330. The number of halogens is 1. The molecule has 0 bridgehead atoms. The van der Waals surface area contributed by atoms with Gasteiger partial charge in [-0.1, -0.05) is 11.6 Å². The minimum Gasteiger partial charge on any atom is -0.481 e. The first-order valence-corrected chi connectivity index (χ1v) is 11.3. The number of aryl methyl sites for hydroxylation is 2. The molecule has 0 spiro atoms. The van der Waals surface area contributed by atoms with Gasteiger partial charge in [-0.15, -0.1) is 11.3 Å². The summed E-state index contributed by atoms with van der Waals surface area (Å²) < 4.78 is 33.6. The Kier molecular flexibility index (Phi) is 5.02. The minimum atomic E-state index is -3.87. The van der Waals surface area contributed by atoms with Crippen LogP contribution in [0.5, 0.6) is 0 Å². The van der Waals surface area contributed by atoms with Crippen LogP contribution >= 0.6 is 22.9 Å². The van der Waals surface area contributed by atoms with Gasteiger partial charge < -0.3 is 9.52 Å². The van der Waals surface area contributed by atoms with E-state index in [0.717, 1.165) is 17.1 Å². The fourth-order valence-corrected chi connectivity index (χ4v) is 6.05. The number of benzene rings is 1. The summed E-state index contributed by atoms with van der Waals surface area (Å²) in [6.45, 7) is 1.82. The second-order valence-corrected chi connectivity index (χ2v) is 10.1. The van der Waals surface area contributed by atoms with E-state index in [4.69, 9.17) is 21.1 Å². The van der Waals surface area contributed by atoms with Crippen LogP contribution in [0.1, 0.15) is 17.7 Å². The van der Waals surface area contributed by atoms with Crippen LogP contribution in [0.25, 0.3) is 21.5 Å². The van der Waals surface area contributed by atoms with Crippen molar-refractivity contribution in [1.82, 2.24) is 3.97 Å². The largest absolute Gasteiger partial charge is 0.481 e. The molecule has 0 amide bonds. The quantitative estimate of drug-likeness (QED) is 0.438. The lowest BCUT2D eigenvalue weighted by molar-refractivity contribution is -0.136. The summed E-state index contributed by atoms with van der Waals surface area (Å²) in [5.41, 5.74) is 1.07. The Morgan fingerprint density at radius 1 is 1.21 bits per heavy atom. The van der Waals surface area contributed by atoms with E-state index in [0.29, 0.717) is 32.1 Å². The van der Waals surface area contributed by atoms with Gasteiger partial charge in [-0.25, -0.2) is 3.97 Å². The zero-order valence-electron chi connectivity index (χ0n) is 15.3. The first-order chi connectivity index (χ1) is 13.8. The van der Waals surface area contributed by atoms with Gasteiger partial charge in [-0.05, 0) is 61.4 Å². The van der Waals surface area contributed by atoms with Gasteiger partial charge in [-0.3, -0.25) is 4.79 Å². The van der Waals surface area contributed by atoms with Crippen LogP contribution in [0.4, 0.5) is 0 Å². The number of carboxylic acids is 1. The van der Waals surface area contributed by atoms with E-state index in [1.165, 1.54) is 10.2 Å². The van der Waals surface area contributed by atoms with E-state index in [-0.39, 0.29) is 17.1 Å². The Morgan fingerprint density at radius 2 is 2.00 bits per heavy atom. The van der Waals surface area contributed by atoms with Gasteiger partial charge in [0, 0.05) is 23.0 Å². The maximum absolute atomic E-state index is 13.3. The highest BCUT2D eigenvalue weighted by Gasteiger charge is 2.24. The molecule has 0 saturated heterocycles. The number of aliphatic carboxylic acids is 1. The Morgan fingerprint density at radius 3 is 2.69 bits per heavy atom. The van der Waals surface area contributed by atoms with Crippen molar-refractivity contribution in [2.75, 3.05) is 0 Å². The number of furan rings is 1. The summed E-state index contributed by atoms with van der Waals surface area (Å²) in [7, 11) is -3.87. The summed E-state index contributed by atoms with van der Waals surface area (Å²) in [4.78, 5) is 11.7. The molecular formula is C20H16ClNO5S2. The van der Waals surface area contributed by atoms with Crippen LogP contribution in [-0.4, -0.2) is 23.5 Å². The lowest BCUT2D eigenvalue weighted by atomic mass is 10.1. The molecule has 9 heteroatoms. The van der Waals surface area contributed by atoms with Gasteiger partial charge in [-0.2, -0.15) is 8.42 Å².